The number of ether oxygens (including phenoxy) is 1. The lowest BCUT2D eigenvalue weighted by atomic mass is 10.2. The summed E-state index contributed by atoms with van der Waals surface area (Å²) in [6.07, 6.45) is 0. The average Bonchev–Trinajstić information content (AvgIpc) is 2.15. The smallest absolute Gasteiger partial charge is 0.159 e. The maximum atomic E-state index is 12.5. The Morgan fingerprint density at radius 1 is 1.15 bits per heavy atom. The predicted molar refractivity (Wildman–Crippen MR) is 48.4 cm³/mol. The molecule has 0 aliphatic carbocycles. The molecule has 0 heterocycles. The minimum Gasteiger partial charge on any atom is -0.380 e. The van der Waals surface area contributed by atoms with Gasteiger partial charge in [-0.2, -0.15) is 0 Å². The van der Waals surface area contributed by atoms with E-state index in [1.165, 1.54) is 13.2 Å². The largest absolute Gasteiger partial charge is 0.380 e. The van der Waals surface area contributed by atoms with Crippen molar-refractivity contribution in [3.8, 4) is 0 Å². The molecule has 0 atom stereocenters. The highest BCUT2D eigenvalue weighted by Gasteiger charge is 2.00. The molecule has 0 unspecified atom stereocenters. The summed E-state index contributed by atoms with van der Waals surface area (Å²) < 4.78 is 29.5. The Balaban J connectivity index is 0.000000671. The zero-order valence-electron chi connectivity index (χ0n) is 8.10. The van der Waals surface area contributed by atoms with Gasteiger partial charge < -0.3 is 4.74 Å². The lowest BCUT2D eigenvalue weighted by molar-refractivity contribution is 0.184. The molecule has 0 N–H and O–H groups in total. The first-order chi connectivity index (χ1) is 6.24. The van der Waals surface area contributed by atoms with Gasteiger partial charge in [-0.15, -0.1) is 0 Å². The van der Waals surface area contributed by atoms with Gasteiger partial charge >= 0.3 is 0 Å². The molecule has 0 spiro atoms. The topological polar surface area (TPSA) is 9.23 Å². The van der Waals surface area contributed by atoms with Crippen molar-refractivity contribution in [2.75, 3.05) is 7.11 Å². The summed E-state index contributed by atoms with van der Waals surface area (Å²) in [5, 5.41) is 0. The van der Waals surface area contributed by atoms with Gasteiger partial charge in [0.1, 0.15) is 0 Å². The third-order valence-electron chi connectivity index (χ3n) is 1.30. The highest BCUT2D eigenvalue weighted by molar-refractivity contribution is 5.16. The third kappa shape index (κ3) is 3.99. The van der Waals surface area contributed by atoms with Crippen LogP contribution in [0, 0.1) is 11.6 Å². The lowest BCUT2D eigenvalue weighted by Crippen LogP contribution is -1.90. The Bertz CT molecular complexity index is 249. The summed E-state index contributed by atoms with van der Waals surface area (Å²) in [5.41, 5.74) is 0.631. The average molecular weight is 188 g/mol. The van der Waals surface area contributed by atoms with Gasteiger partial charge in [0.15, 0.2) is 11.6 Å². The second-order valence-electron chi connectivity index (χ2n) is 2.18. The van der Waals surface area contributed by atoms with Crippen molar-refractivity contribution in [1.82, 2.24) is 0 Å². The summed E-state index contributed by atoms with van der Waals surface area (Å²) in [4.78, 5) is 0. The van der Waals surface area contributed by atoms with E-state index in [1.807, 2.05) is 13.8 Å². The fraction of sp³-hybridized carbons (Fsp3) is 0.400. The Morgan fingerprint density at radius 3 is 2.23 bits per heavy atom. The molecule has 0 amide bonds. The molecule has 1 rings (SSSR count). The van der Waals surface area contributed by atoms with E-state index >= 15 is 0 Å². The van der Waals surface area contributed by atoms with Crippen molar-refractivity contribution in [2.24, 2.45) is 0 Å². The van der Waals surface area contributed by atoms with Crippen molar-refractivity contribution in [3.63, 3.8) is 0 Å². The van der Waals surface area contributed by atoms with Gasteiger partial charge in [0.05, 0.1) is 6.61 Å². The van der Waals surface area contributed by atoms with E-state index in [4.69, 9.17) is 4.74 Å². The molecule has 3 heteroatoms. The molecule has 1 nitrogen and oxygen atoms in total. The normalized spacial score (nSPS) is 9.00. The fourth-order valence-corrected chi connectivity index (χ4v) is 0.796. The number of benzene rings is 1. The minimum atomic E-state index is -0.834. The van der Waals surface area contributed by atoms with E-state index in [-0.39, 0.29) is 0 Å². The molecule has 0 fully saturated rings. The minimum absolute atomic E-state index is 0.303. The van der Waals surface area contributed by atoms with Crippen LogP contribution in [0.15, 0.2) is 18.2 Å². The SMILES string of the molecule is CC.COCc1ccc(F)c(F)c1. The van der Waals surface area contributed by atoms with Crippen molar-refractivity contribution < 1.29 is 13.5 Å². The summed E-state index contributed by atoms with van der Waals surface area (Å²) in [6.45, 7) is 4.30. The van der Waals surface area contributed by atoms with E-state index in [1.54, 1.807) is 0 Å². The van der Waals surface area contributed by atoms with Gasteiger partial charge in [-0.05, 0) is 17.7 Å². The number of hydrogen-bond acceptors (Lipinski definition) is 1. The standard InChI is InChI=1S/C8H8F2O.C2H6/c1-11-5-6-2-3-7(9)8(10)4-6;1-2/h2-4H,5H2,1H3;1-2H3. The number of halogens is 2. The number of methoxy groups -OCH3 is 1. The summed E-state index contributed by atoms with van der Waals surface area (Å²) >= 11 is 0. The van der Waals surface area contributed by atoms with Crippen molar-refractivity contribution in [2.45, 2.75) is 20.5 Å². The Morgan fingerprint density at radius 2 is 1.77 bits per heavy atom. The molecule has 0 bridgehead atoms. The molecule has 0 saturated heterocycles. The highest BCUT2D eigenvalue weighted by Crippen LogP contribution is 2.08. The second kappa shape index (κ2) is 6.54. The molecule has 1 aromatic rings. The first kappa shape index (κ1) is 12.0. The van der Waals surface area contributed by atoms with Gasteiger partial charge in [0.2, 0.25) is 0 Å². The van der Waals surface area contributed by atoms with E-state index in [0.717, 1.165) is 12.1 Å². The van der Waals surface area contributed by atoms with Crippen LogP contribution in [-0.4, -0.2) is 7.11 Å². The second-order valence-corrected chi connectivity index (χ2v) is 2.18. The zero-order valence-corrected chi connectivity index (χ0v) is 8.10. The van der Waals surface area contributed by atoms with Crippen LogP contribution in [0.25, 0.3) is 0 Å². The maximum absolute atomic E-state index is 12.5. The first-order valence-electron chi connectivity index (χ1n) is 4.17. The molecule has 0 saturated carbocycles. The van der Waals surface area contributed by atoms with E-state index < -0.39 is 11.6 Å². The summed E-state index contributed by atoms with van der Waals surface area (Å²) in [6, 6.07) is 3.70. The fourth-order valence-electron chi connectivity index (χ4n) is 0.796. The van der Waals surface area contributed by atoms with Crippen LogP contribution >= 0.6 is 0 Å². The van der Waals surface area contributed by atoms with Crippen molar-refractivity contribution >= 4 is 0 Å². The molecule has 1 aromatic carbocycles. The Kier molecular flexibility index (Phi) is 6.06. The van der Waals surface area contributed by atoms with Crippen LogP contribution in [0.2, 0.25) is 0 Å². The Hall–Kier alpha value is -0.960. The summed E-state index contributed by atoms with van der Waals surface area (Å²) in [7, 11) is 1.50. The van der Waals surface area contributed by atoms with Gasteiger partial charge in [0.25, 0.3) is 0 Å². The predicted octanol–water partition coefficient (Wildman–Crippen LogP) is 3.14. The first-order valence-corrected chi connectivity index (χ1v) is 4.17. The molecular formula is C10H14F2O. The monoisotopic (exact) mass is 188 g/mol. The van der Waals surface area contributed by atoms with Gasteiger partial charge in [-0.1, -0.05) is 19.9 Å². The molecule has 0 aliphatic rings. The molecule has 0 radical (unpaired) electrons. The molecule has 74 valence electrons. The molecular weight excluding hydrogens is 174 g/mol. The van der Waals surface area contributed by atoms with Crippen LogP contribution in [0.4, 0.5) is 8.78 Å². The molecule has 0 aliphatic heterocycles. The van der Waals surface area contributed by atoms with E-state index in [9.17, 15) is 8.78 Å². The zero-order chi connectivity index (χ0) is 10.3. The van der Waals surface area contributed by atoms with Gasteiger partial charge in [-0.25, -0.2) is 8.78 Å². The lowest BCUT2D eigenvalue weighted by Gasteiger charge is -1.98. The van der Waals surface area contributed by atoms with Crippen LogP contribution in [0.1, 0.15) is 19.4 Å². The van der Waals surface area contributed by atoms with Gasteiger partial charge in [-0.3, -0.25) is 0 Å². The van der Waals surface area contributed by atoms with Gasteiger partial charge in [0, 0.05) is 7.11 Å². The summed E-state index contributed by atoms with van der Waals surface area (Å²) in [5.74, 6) is -1.66. The number of rotatable bonds is 2. The number of hydrogen-bond donors (Lipinski definition) is 0. The molecule has 13 heavy (non-hydrogen) atoms. The third-order valence-corrected chi connectivity index (χ3v) is 1.30. The van der Waals surface area contributed by atoms with Crippen LogP contribution in [-0.2, 0) is 11.3 Å². The van der Waals surface area contributed by atoms with Crippen molar-refractivity contribution in [3.05, 3.63) is 35.4 Å². The van der Waals surface area contributed by atoms with E-state index in [0.29, 0.717) is 12.2 Å². The van der Waals surface area contributed by atoms with Crippen LogP contribution < -0.4 is 0 Å². The highest BCUT2D eigenvalue weighted by atomic mass is 19.2. The van der Waals surface area contributed by atoms with Crippen molar-refractivity contribution in [1.29, 1.82) is 0 Å². The van der Waals surface area contributed by atoms with Crippen LogP contribution in [0.3, 0.4) is 0 Å². The Labute approximate surface area is 77.3 Å². The maximum Gasteiger partial charge on any atom is 0.159 e. The van der Waals surface area contributed by atoms with E-state index in [2.05, 4.69) is 0 Å². The van der Waals surface area contributed by atoms with Crippen LogP contribution in [0.5, 0.6) is 0 Å². The molecule has 0 aromatic heterocycles. The quantitative estimate of drug-likeness (QED) is 0.692.